The third-order valence-corrected chi connectivity index (χ3v) is 6.82. The summed E-state index contributed by atoms with van der Waals surface area (Å²) in [5, 5.41) is 13.6. The molecule has 1 aliphatic heterocycles. The van der Waals surface area contributed by atoms with E-state index in [1.54, 1.807) is 13.0 Å². The smallest absolute Gasteiger partial charge is 0.314 e. The summed E-state index contributed by atoms with van der Waals surface area (Å²) >= 11 is 6.25. The van der Waals surface area contributed by atoms with Crippen molar-refractivity contribution in [1.29, 1.82) is 0 Å². The molecule has 0 bridgehead atoms. The van der Waals surface area contributed by atoms with Gasteiger partial charge in [-0.3, -0.25) is 14.5 Å². The molecule has 0 aromatic heterocycles. The molecule has 1 amide bonds. The van der Waals surface area contributed by atoms with E-state index in [0.717, 1.165) is 42.6 Å². The molecule has 30 heavy (non-hydrogen) atoms. The first-order valence-corrected chi connectivity index (χ1v) is 10.8. The molecule has 5 nitrogen and oxygen atoms in total. The average molecular weight is 427 g/mol. The van der Waals surface area contributed by atoms with Crippen molar-refractivity contribution in [2.24, 2.45) is 0 Å². The molecule has 2 N–H and O–H groups in total. The lowest BCUT2D eigenvalue weighted by Gasteiger charge is -2.43. The van der Waals surface area contributed by atoms with E-state index >= 15 is 0 Å². The number of hydrogen-bond acceptors (Lipinski definition) is 3. The molecule has 2 aromatic rings. The zero-order chi connectivity index (χ0) is 21.4. The van der Waals surface area contributed by atoms with Gasteiger partial charge in [0.05, 0.1) is 11.0 Å². The first-order valence-electron chi connectivity index (χ1n) is 10.4. The maximum atomic E-state index is 11.9. The Labute approximate surface area is 182 Å². The van der Waals surface area contributed by atoms with Crippen molar-refractivity contribution in [3.8, 4) is 0 Å². The second-order valence-corrected chi connectivity index (χ2v) is 9.03. The Morgan fingerprint density at radius 3 is 2.30 bits per heavy atom. The fraction of sp³-hybridized carbons (Fsp3) is 0.417. The fourth-order valence-corrected chi connectivity index (χ4v) is 4.99. The van der Waals surface area contributed by atoms with Crippen molar-refractivity contribution in [3.05, 3.63) is 70.2 Å². The van der Waals surface area contributed by atoms with Crippen LogP contribution in [-0.2, 0) is 27.1 Å². The normalized spacial score (nSPS) is 19.8. The van der Waals surface area contributed by atoms with E-state index in [1.807, 2.05) is 30.3 Å². The number of rotatable bonds is 6. The topological polar surface area (TPSA) is 69.6 Å². The molecule has 1 heterocycles. The highest BCUT2D eigenvalue weighted by molar-refractivity contribution is 6.30. The number of hydrogen-bond donors (Lipinski definition) is 2. The van der Waals surface area contributed by atoms with E-state index in [0.29, 0.717) is 24.4 Å². The predicted molar refractivity (Wildman–Crippen MR) is 116 cm³/mol. The molecular formula is C24H27ClN2O3. The van der Waals surface area contributed by atoms with Gasteiger partial charge in [0.15, 0.2) is 0 Å². The number of carboxylic acid groups (broad SMARTS) is 1. The number of nitrogens with zero attached hydrogens (tertiary/aromatic N) is 1. The van der Waals surface area contributed by atoms with Gasteiger partial charge in [0.1, 0.15) is 0 Å². The molecule has 2 aliphatic rings. The van der Waals surface area contributed by atoms with Crippen molar-refractivity contribution >= 4 is 23.5 Å². The number of carboxylic acids is 1. The van der Waals surface area contributed by atoms with Gasteiger partial charge < -0.3 is 10.4 Å². The minimum atomic E-state index is -0.751. The summed E-state index contributed by atoms with van der Waals surface area (Å²) in [6.45, 7) is 3.84. The highest BCUT2D eigenvalue weighted by atomic mass is 35.5. The van der Waals surface area contributed by atoms with Crippen molar-refractivity contribution in [2.75, 3.05) is 13.1 Å². The van der Waals surface area contributed by atoms with E-state index in [2.05, 4.69) is 22.3 Å². The molecule has 1 aliphatic carbocycles. The number of amides is 1. The molecule has 4 rings (SSSR count). The lowest BCUT2D eigenvalue weighted by atomic mass is 9.80. The molecule has 2 fully saturated rings. The monoisotopic (exact) mass is 426 g/mol. The number of carbonyl (C=O) groups excluding carboxylic acids is 1. The van der Waals surface area contributed by atoms with Crippen molar-refractivity contribution in [2.45, 2.75) is 50.1 Å². The zero-order valence-electron chi connectivity index (χ0n) is 17.2. The number of piperidine rings is 1. The van der Waals surface area contributed by atoms with Crippen LogP contribution >= 0.6 is 11.6 Å². The first-order chi connectivity index (χ1) is 14.3. The SMILES string of the molecule is CC(=O)NC1(c2ccccc2)CCN(Cc2cc(Cl)ccc2C2(C(=O)O)CC2)CC1. The van der Waals surface area contributed by atoms with Gasteiger partial charge in [-0.15, -0.1) is 0 Å². The van der Waals surface area contributed by atoms with E-state index in [4.69, 9.17) is 11.6 Å². The van der Waals surface area contributed by atoms with Crippen molar-refractivity contribution < 1.29 is 14.7 Å². The van der Waals surface area contributed by atoms with Gasteiger partial charge in [-0.1, -0.05) is 48.0 Å². The summed E-state index contributed by atoms with van der Waals surface area (Å²) in [4.78, 5) is 26.1. The quantitative estimate of drug-likeness (QED) is 0.730. The standard InChI is InChI=1S/C24H27ClN2O3/c1-17(28)26-24(19-5-3-2-4-6-19)11-13-27(14-12-24)16-18-15-20(25)7-8-21(18)23(9-10-23)22(29)30/h2-8,15H,9-14,16H2,1H3,(H,26,28)(H,29,30). The largest absolute Gasteiger partial charge is 0.481 e. The summed E-state index contributed by atoms with van der Waals surface area (Å²) in [5.41, 5.74) is 1.90. The van der Waals surface area contributed by atoms with Crippen LogP contribution in [0.1, 0.15) is 49.3 Å². The minimum Gasteiger partial charge on any atom is -0.481 e. The van der Waals surface area contributed by atoms with Gasteiger partial charge >= 0.3 is 5.97 Å². The van der Waals surface area contributed by atoms with Crippen LogP contribution in [0.25, 0.3) is 0 Å². The lowest BCUT2D eigenvalue weighted by molar-refractivity contribution is -0.140. The maximum absolute atomic E-state index is 11.9. The molecule has 0 radical (unpaired) electrons. The molecular weight excluding hydrogens is 400 g/mol. The zero-order valence-corrected chi connectivity index (χ0v) is 17.9. The van der Waals surface area contributed by atoms with E-state index < -0.39 is 11.4 Å². The summed E-state index contributed by atoms with van der Waals surface area (Å²) in [5.74, 6) is -0.778. The number of carbonyl (C=O) groups is 2. The maximum Gasteiger partial charge on any atom is 0.314 e. The van der Waals surface area contributed by atoms with Crippen LogP contribution in [0, 0.1) is 0 Å². The Morgan fingerprint density at radius 1 is 1.07 bits per heavy atom. The van der Waals surface area contributed by atoms with Crippen LogP contribution in [0.5, 0.6) is 0 Å². The Bertz CT molecular complexity index is 948. The first kappa shape index (κ1) is 20.9. The molecule has 1 saturated heterocycles. The minimum absolute atomic E-state index is 0.0263. The number of nitrogens with one attached hydrogen (secondary N) is 1. The molecule has 0 atom stereocenters. The van der Waals surface area contributed by atoms with Crippen molar-refractivity contribution in [3.63, 3.8) is 0 Å². The third kappa shape index (κ3) is 3.96. The van der Waals surface area contributed by atoms with Gasteiger partial charge in [0.25, 0.3) is 0 Å². The van der Waals surface area contributed by atoms with Gasteiger partial charge in [0.2, 0.25) is 5.91 Å². The van der Waals surface area contributed by atoms with Gasteiger partial charge in [0, 0.05) is 31.6 Å². The van der Waals surface area contributed by atoms with Crippen molar-refractivity contribution in [1.82, 2.24) is 10.2 Å². The van der Waals surface area contributed by atoms with Gasteiger partial charge in [-0.05, 0) is 54.5 Å². The van der Waals surface area contributed by atoms with Crippen LogP contribution in [0.15, 0.2) is 48.5 Å². The summed E-state index contributed by atoms with van der Waals surface area (Å²) < 4.78 is 0. The number of benzene rings is 2. The van der Waals surface area contributed by atoms with Gasteiger partial charge in [-0.2, -0.15) is 0 Å². The predicted octanol–water partition coefficient (Wildman–Crippen LogP) is 4.08. The molecule has 0 spiro atoms. The summed E-state index contributed by atoms with van der Waals surface area (Å²) in [7, 11) is 0. The summed E-state index contributed by atoms with van der Waals surface area (Å²) in [6, 6.07) is 15.7. The highest BCUT2D eigenvalue weighted by Crippen LogP contribution is 2.50. The molecule has 0 unspecified atom stereocenters. The van der Waals surface area contributed by atoms with Crippen LogP contribution in [0.3, 0.4) is 0 Å². The number of likely N-dealkylation sites (tertiary alicyclic amines) is 1. The van der Waals surface area contributed by atoms with Gasteiger partial charge in [-0.25, -0.2) is 0 Å². The fourth-order valence-electron chi connectivity index (χ4n) is 4.80. The Balaban J connectivity index is 1.53. The van der Waals surface area contributed by atoms with Crippen LogP contribution in [-0.4, -0.2) is 35.0 Å². The molecule has 158 valence electrons. The lowest BCUT2D eigenvalue weighted by Crippen LogP contribution is -2.52. The summed E-state index contributed by atoms with van der Waals surface area (Å²) in [6.07, 6.45) is 2.96. The van der Waals surface area contributed by atoms with E-state index in [1.165, 1.54) is 0 Å². The second-order valence-electron chi connectivity index (χ2n) is 8.59. The third-order valence-electron chi connectivity index (χ3n) is 6.59. The number of halogens is 1. The average Bonchev–Trinajstić information content (AvgIpc) is 3.52. The van der Waals surface area contributed by atoms with E-state index in [9.17, 15) is 14.7 Å². The van der Waals surface area contributed by atoms with Crippen LogP contribution in [0.2, 0.25) is 5.02 Å². The Kier molecular flexibility index (Phi) is 5.60. The van der Waals surface area contributed by atoms with Crippen LogP contribution < -0.4 is 5.32 Å². The second kappa shape index (κ2) is 8.05. The molecule has 6 heteroatoms. The van der Waals surface area contributed by atoms with Crippen LogP contribution in [0.4, 0.5) is 0 Å². The molecule has 1 saturated carbocycles. The van der Waals surface area contributed by atoms with E-state index in [-0.39, 0.29) is 11.4 Å². The Hall–Kier alpha value is -2.37. The number of aliphatic carboxylic acids is 1. The highest BCUT2D eigenvalue weighted by Gasteiger charge is 2.52. The molecule has 2 aromatic carbocycles. The Morgan fingerprint density at radius 2 is 1.73 bits per heavy atom.